The van der Waals surface area contributed by atoms with Crippen LogP contribution in [-0.2, 0) is 9.53 Å². The maximum atomic E-state index is 12.3. The predicted octanol–water partition coefficient (Wildman–Crippen LogP) is 2.68. The fourth-order valence-electron chi connectivity index (χ4n) is 2.88. The van der Waals surface area contributed by atoms with E-state index in [0.29, 0.717) is 11.7 Å². The Morgan fingerprint density at radius 3 is 2.50 bits per heavy atom. The SMILES string of the molecule is CCC(C(=O)OC(C)(C)C)N1CCC(c2nc(C)no2)CC1. The molecular formula is C16H27N3O3. The lowest BCUT2D eigenvalue weighted by Gasteiger charge is -2.36. The van der Waals surface area contributed by atoms with E-state index in [1.165, 1.54) is 0 Å². The molecule has 1 unspecified atom stereocenters. The standard InChI is InChI=1S/C16H27N3O3/c1-6-13(15(20)21-16(3,4)5)19-9-7-12(8-10-19)14-17-11(2)18-22-14/h12-13H,6-10H2,1-5H3. The first-order valence-electron chi connectivity index (χ1n) is 8.07. The molecule has 0 bridgehead atoms. The molecule has 2 rings (SSSR count). The fraction of sp³-hybridized carbons (Fsp3) is 0.812. The van der Waals surface area contributed by atoms with Gasteiger partial charge < -0.3 is 9.26 Å². The minimum Gasteiger partial charge on any atom is -0.459 e. The van der Waals surface area contributed by atoms with Crippen molar-refractivity contribution < 1.29 is 14.1 Å². The van der Waals surface area contributed by atoms with Crippen LogP contribution in [0.3, 0.4) is 0 Å². The van der Waals surface area contributed by atoms with E-state index < -0.39 is 5.60 Å². The zero-order valence-corrected chi connectivity index (χ0v) is 14.3. The van der Waals surface area contributed by atoms with E-state index in [9.17, 15) is 4.79 Å². The average Bonchev–Trinajstić information content (AvgIpc) is 2.85. The highest BCUT2D eigenvalue weighted by Crippen LogP contribution is 2.28. The van der Waals surface area contributed by atoms with Gasteiger partial charge in [0.05, 0.1) is 0 Å². The average molecular weight is 309 g/mol. The predicted molar refractivity (Wildman–Crippen MR) is 82.5 cm³/mol. The number of hydrogen-bond acceptors (Lipinski definition) is 6. The number of carbonyl (C=O) groups is 1. The quantitative estimate of drug-likeness (QED) is 0.797. The van der Waals surface area contributed by atoms with Gasteiger partial charge in [0, 0.05) is 5.92 Å². The van der Waals surface area contributed by atoms with Crippen LogP contribution >= 0.6 is 0 Å². The van der Waals surface area contributed by atoms with Gasteiger partial charge in [0.15, 0.2) is 5.82 Å². The van der Waals surface area contributed by atoms with Crippen molar-refractivity contribution in [1.29, 1.82) is 0 Å². The lowest BCUT2D eigenvalue weighted by atomic mass is 9.95. The van der Waals surface area contributed by atoms with E-state index >= 15 is 0 Å². The van der Waals surface area contributed by atoms with Gasteiger partial charge in [-0.3, -0.25) is 9.69 Å². The number of likely N-dealkylation sites (tertiary alicyclic amines) is 1. The summed E-state index contributed by atoms with van der Waals surface area (Å²) in [7, 11) is 0. The Bertz CT molecular complexity index is 499. The van der Waals surface area contributed by atoms with Gasteiger partial charge in [0.1, 0.15) is 11.6 Å². The van der Waals surface area contributed by atoms with Crippen LogP contribution in [0, 0.1) is 6.92 Å². The van der Waals surface area contributed by atoms with Crippen LogP contribution in [0.15, 0.2) is 4.52 Å². The number of nitrogens with zero attached hydrogens (tertiary/aromatic N) is 3. The second-order valence-corrected chi connectivity index (χ2v) is 6.95. The molecule has 1 saturated heterocycles. The lowest BCUT2D eigenvalue weighted by Crippen LogP contribution is -2.47. The summed E-state index contributed by atoms with van der Waals surface area (Å²) >= 11 is 0. The number of ether oxygens (including phenoxy) is 1. The van der Waals surface area contributed by atoms with Crippen LogP contribution in [0.2, 0.25) is 0 Å². The Morgan fingerprint density at radius 1 is 1.41 bits per heavy atom. The molecule has 1 aromatic rings. The summed E-state index contributed by atoms with van der Waals surface area (Å²) in [6, 6.07) is -0.162. The van der Waals surface area contributed by atoms with Crippen molar-refractivity contribution in [2.75, 3.05) is 13.1 Å². The summed E-state index contributed by atoms with van der Waals surface area (Å²) < 4.78 is 10.8. The van der Waals surface area contributed by atoms with Crippen molar-refractivity contribution in [3.8, 4) is 0 Å². The molecule has 0 spiro atoms. The first-order chi connectivity index (χ1) is 10.3. The molecule has 0 saturated carbocycles. The summed E-state index contributed by atoms with van der Waals surface area (Å²) in [5.41, 5.74) is -0.440. The molecule has 0 aliphatic carbocycles. The molecule has 2 heterocycles. The van der Waals surface area contributed by atoms with Crippen LogP contribution < -0.4 is 0 Å². The number of piperidine rings is 1. The number of esters is 1. The van der Waals surface area contributed by atoms with Gasteiger partial charge in [0.2, 0.25) is 5.89 Å². The summed E-state index contributed by atoms with van der Waals surface area (Å²) in [5.74, 6) is 1.58. The van der Waals surface area contributed by atoms with Gasteiger partial charge >= 0.3 is 5.97 Å². The zero-order valence-electron chi connectivity index (χ0n) is 14.3. The van der Waals surface area contributed by atoms with Crippen molar-refractivity contribution >= 4 is 5.97 Å². The van der Waals surface area contributed by atoms with E-state index in [0.717, 1.165) is 38.2 Å². The number of rotatable bonds is 4. The first kappa shape index (κ1) is 16.9. The molecule has 1 fully saturated rings. The second kappa shape index (κ2) is 6.77. The lowest BCUT2D eigenvalue weighted by molar-refractivity contribution is -0.162. The van der Waals surface area contributed by atoms with E-state index in [2.05, 4.69) is 15.0 Å². The largest absolute Gasteiger partial charge is 0.459 e. The molecule has 6 heteroatoms. The van der Waals surface area contributed by atoms with Gasteiger partial charge in [-0.15, -0.1) is 0 Å². The summed E-state index contributed by atoms with van der Waals surface area (Å²) in [5, 5.41) is 3.86. The topological polar surface area (TPSA) is 68.5 Å². The third-order valence-corrected chi connectivity index (χ3v) is 3.93. The third-order valence-electron chi connectivity index (χ3n) is 3.93. The minimum atomic E-state index is -0.440. The molecule has 22 heavy (non-hydrogen) atoms. The van der Waals surface area contributed by atoms with Gasteiger partial charge in [-0.2, -0.15) is 4.98 Å². The van der Waals surface area contributed by atoms with Gasteiger partial charge in [-0.05, 0) is 60.0 Å². The van der Waals surface area contributed by atoms with E-state index in [1.54, 1.807) is 0 Å². The Kier molecular flexibility index (Phi) is 5.21. The first-order valence-corrected chi connectivity index (χ1v) is 8.07. The normalized spacial score (nSPS) is 19.1. The molecule has 6 nitrogen and oxygen atoms in total. The number of carbonyl (C=O) groups excluding carboxylic acids is 1. The fourth-order valence-corrected chi connectivity index (χ4v) is 2.88. The third kappa shape index (κ3) is 4.29. The number of hydrogen-bond donors (Lipinski definition) is 0. The number of aryl methyl sites for hydroxylation is 1. The molecule has 1 aliphatic rings. The van der Waals surface area contributed by atoms with Crippen LogP contribution in [-0.4, -0.2) is 45.7 Å². The van der Waals surface area contributed by atoms with Crippen LogP contribution in [0.4, 0.5) is 0 Å². The monoisotopic (exact) mass is 309 g/mol. The second-order valence-electron chi connectivity index (χ2n) is 6.95. The molecule has 0 N–H and O–H groups in total. The van der Waals surface area contributed by atoms with Crippen molar-refractivity contribution in [2.24, 2.45) is 0 Å². The van der Waals surface area contributed by atoms with Crippen molar-refractivity contribution in [3.05, 3.63) is 11.7 Å². The van der Waals surface area contributed by atoms with Crippen molar-refractivity contribution in [2.45, 2.75) is 71.4 Å². The molecular weight excluding hydrogens is 282 g/mol. The van der Waals surface area contributed by atoms with E-state index in [-0.39, 0.29) is 12.0 Å². The Balaban J connectivity index is 1.92. The Morgan fingerprint density at radius 2 is 2.05 bits per heavy atom. The molecule has 1 aliphatic heterocycles. The maximum absolute atomic E-state index is 12.3. The molecule has 1 atom stereocenters. The molecule has 0 aromatic carbocycles. The smallest absolute Gasteiger partial charge is 0.323 e. The van der Waals surface area contributed by atoms with Gasteiger partial charge in [0.25, 0.3) is 0 Å². The minimum absolute atomic E-state index is 0.123. The summed E-state index contributed by atoms with van der Waals surface area (Å²) in [6.45, 7) is 11.3. The highest BCUT2D eigenvalue weighted by Gasteiger charge is 2.33. The molecule has 0 amide bonds. The highest BCUT2D eigenvalue weighted by molar-refractivity contribution is 5.76. The summed E-state index contributed by atoms with van der Waals surface area (Å²) in [4.78, 5) is 18.9. The van der Waals surface area contributed by atoms with Gasteiger partial charge in [-0.1, -0.05) is 12.1 Å². The van der Waals surface area contributed by atoms with Crippen molar-refractivity contribution in [1.82, 2.24) is 15.0 Å². The van der Waals surface area contributed by atoms with E-state index in [4.69, 9.17) is 9.26 Å². The Labute approximate surface area is 132 Å². The van der Waals surface area contributed by atoms with Crippen LogP contribution in [0.5, 0.6) is 0 Å². The maximum Gasteiger partial charge on any atom is 0.323 e. The van der Waals surface area contributed by atoms with Crippen molar-refractivity contribution in [3.63, 3.8) is 0 Å². The Hall–Kier alpha value is -1.43. The highest BCUT2D eigenvalue weighted by atomic mass is 16.6. The molecule has 124 valence electrons. The number of aromatic nitrogens is 2. The van der Waals surface area contributed by atoms with Crippen LogP contribution in [0.1, 0.15) is 64.6 Å². The van der Waals surface area contributed by atoms with E-state index in [1.807, 2.05) is 34.6 Å². The van der Waals surface area contributed by atoms with Crippen LogP contribution in [0.25, 0.3) is 0 Å². The molecule has 0 radical (unpaired) electrons. The zero-order chi connectivity index (χ0) is 16.3. The summed E-state index contributed by atoms with van der Waals surface area (Å²) in [6.07, 6.45) is 2.63. The molecule has 1 aromatic heterocycles. The van der Waals surface area contributed by atoms with Gasteiger partial charge in [-0.25, -0.2) is 0 Å².